The molecule has 47 heavy (non-hydrogen) atoms. The second kappa shape index (κ2) is 12.1. The number of fused-ring (bicyclic) bond motifs is 7. The van der Waals surface area contributed by atoms with Gasteiger partial charge in [-0.15, -0.1) is 0 Å². The summed E-state index contributed by atoms with van der Waals surface area (Å²) in [4.78, 5) is 30.3. The van der Waals surface area contributed by atoms with Gasteiger partial charge in [-0.3, -0.25) is 9.59 Å². The van der Waals surface area contributed by atoms with E-state index in [-0.39, 0.29) is 57.5 Å². The van der Waals surface area contributed by atoms with E-state index in [1.807, 2.05) is 11.0 Å². The van der Waals surface area contributed by atoms with Crippen LogP contribution < -0.4 is 5.32 Å². The maximum absolute atomic E-state index is 15.2. The first-order valence-corrected chi connectivity index (χ1v) is 19.0. The molecule has 1 aromatic rings. The molecule has 0 unspecified atom stereocenters. The standard InChI is InChI=1S/C41H64N2O4/c1-9-10-22-42-34(45)26-43(25-28-15-23-47-27-28)35(46)41-20-18-36(2,3)24-30(41)29-11-12-32-38(6)16-14-33(44)37(4,5)31(38)13-17-40(32,8)39(29,7)19-21-41/h11,15,23,27,30-33,44H,9-10,12-14,16-22,24-26H2,1-8H3,(H,42,45)/t30-,31-,32+,33-,38-,39+,40+,41-/m0/s1. The number of aliphatic hydroxyl groups is 1. The maximum Gasteiger partial charge on any atom is 0.239 e. The molecule has 0 aliphatic heterocycles. The van der Waals surface area contributed by atoms with Crippen molar-refractivity contribution in [2.75, 3.05) is 13.1 Å². The summed E-state index contributed by atoms with van der Waals surface area (Å²) in [6, 6.07) is 1.92. The SMILES string of the molecule is CCCCNC(=O)CN(Cc1ccoc1)C(=O)[C@]12CCC(C)(C)C[C@H]1C1=CC[C@@H]3[C@@]4(C)CC[C@H](O)C(C)(C)[C@@H]4CC[C@@]3(C)[C@]1(C)CC2. The predicted molar refractivity (Wildman–Crippen MR) is 187 cm³/mol. The van der Waals surface area contributed by atoms with E-state index in [0.29, 0.717) is 24.9 Å². The quantitative estimate of drug-likeness (QED) is 0.218. The summed E-state index contributed by atoms with van der Waals surface area (Å²) in [5.74, 6) is 1.36. The van der Waals surface area contributed by atoms with E-state index in [2.05, 4.69) is 66.8 Å². The monoisotopic (exact) mass is 648 g/mol. The van der Waals surface area contributed by atoms with E-state index in [4.69, 9.17) is 4.42 Å². The minimum absolute atomic E-state index is 0.0267. The second-order valence-electron chi connectivity index (χ2n) is 18.7. The first kappa shape index (κ1) is 34.8. The number of hydrogen-bond acceptors (Lipinski definition) is 4. The maximum atomic E-state index is 15.2. The molecule has 262 valence electrons. The molecule has 5 aliphatic rings. The van der Waals surface area contributed by atoms with Gasteiger partial charge in [0.05, 0.1) is 30.6 Å². The van der Waals surface area contributed by atoms with Gasteiger partial charge in [-0.05, 0) is 122 Å². The number of hydrogen-bond donors (Lipinski definition) is 2. The number of unbranched alkanes of at least 4 members (excludes halogenated alkanes) is 1. The molecule has 2 N–H and O–H groups in total. The fourth-order valence-electron chi connectivity index (χ4n) is 12.4. The lowest BCUT2D eigenvalue weighted by atomic mass is 9.33. The van der Waals surface area contributed by atoms with Crippen molar-refractivity contribution in [1.29, 1.82) is 0 Å². The van der Waals surface area contributed by atoms with Gasteiger partial charge >= 0.3 is 0 Å². The smallest absolute Gasteiger partial charge is 0.239 e. The van der Waals surface area contributed by atoms with E-state index < -0.39 is 5.41 Å². The largest absolute Gasteiger partial charge is 0.472 e. The van der Waals surface area contributed by atoms with Crippen LogP contribution in [0.15, 0.2) is 34.7 Å². The zero-order valence-corrected chi connectivity index (χ0v) is 30.8. The first-order chi connectivity index (χ1) is 22.0. The van der Waals surface area contributed by atoms with E-state index in [0.717, 1.165) is 69.8 Å². The Morgan fingerprint density at radius 3 is 2.43 bits per heavy atom. The topological polar surface area (TPSA) is 82.8 Å². The fraction of sp³-hybridized carbons (Fsp3) is 0.805. The van der Waals surface area contributed by atoms with Crippen molar-refractivity contribution in [3.8, 4) is 0 Å². The number of amides is 2. The third-order valence-electron chi connectivity index (χ3n) is 15.5. The Balaban J connectivity index is 1.37. The van der Waals surface area contributed by atoms with Crippen LogP contribution in [0.3, 0.4) is 0 Å². The highest BCUT2D eigenvalue weighted by Gasteiger charge is 2.69. The van der Waals surface area contributed by atoms with Crippen LogP contribution in [0.5, 0.6) is 0 Å². The predicted octanol–water partition coefficient (Wildman–Crippen LogP) is 8.69. The van der Waals surface area contributed by atoms with Crippen molar-refractivity contribution in [3.05, 3.63) is 35.8 Å². The molecule has 0 spiro atoms. The van der Waals surface area contributed by atoms with Gasteiger partial charge < -0.3 is 19.7 Å². The molecule has 6 rings (SSSR count). The van der Waals surface area contributed by atoms with Gasteiger partial charge in [0.1, 0.15) is 0 Å². The van der Waals surface area contributed by atoms with Gasteiger partial charge in [-0.2, -0.15) is 0 Å². The van der Waals surface area contributed by atoms with Crippen LogP contribution in [-0.4, -0.2) is 41.0 Å². The van der Waals surface area contributed by atoms with Crippen LogP contribution >= 0.6 is 0 Å². The lowest BCUT2D eigenvalue weighted by molar-refractivity contribution is -0.204. The van der Waals surface area contributed by atoms with Gasteiger partial charge in [0.2, 0.25) is 11.8 Å². The fourth-order valence-corrected chi connectivity index (χ4v) is 12.4. The molecule has 1 heterocycles. The molecular formula is C41H64N2O4. The average Bonchev–Trinajstić information content (AvgIpc) is 3.52. The number of furan rings is 1. The molecule has 6 heteroatoms. The molecule has 0 aromatic carbocycles. The molecule has 2 amide bonds. The highest BCUT2D eigenvalue weighted by atomic mass is 16.3. The van der Waals surface area contributed by atoms with Crippen LogP contribution in [0.2, 0.25) is 0 Å². The number of carbonyl (C=O) groups excluding carboxylic acids is 2. The van der Waals surface area contributed by atoms with Crippen molar-refractivity contribution in [3.63, 3.8) is 0 Å². The zero-order valence-electron chi connectivity index (χ0n) is 30.8. The summed E-state index contributed by atoms with van der Waals surface area (Å²) in [7, 11) is 0. The van der Waals surface area contributed by atoms with Crippen LogP contribution in [-0.2, 0) is 16.1 Å². The third kappa shape index (κ3) is 5.46. The Kier molecular flexibility index (Phi) is 8.92. The Morgan fingerprint density at radius 1 is 0.979 bits per heavy atom. The second-order valence-corrected chi connectivity index (χ2v) is 18.7. The van der Waals surface area contributed by atoms with Gasteiger partial charge in [-0.25, -0.2) is 0 Å². The van der Waals surface area contributed by atoms with Crippen LogP contribution in [0, 0.1) is 50.2 Å². The summed E-state index contributed by atoms with van der Waals surface area (Å²) in [6.07, 6.45) is 18.0. The molecule has 0 radical (unpaired) electrons. The van der Waals surface area contributed by atoms with Crippen molar-refractivity contribution >= 4 is 11.8 Å². The minimum atomic E-state index is -0.491. The van der Waals surface area contributed by atoms with Gasteiger partial charge in [0.15, 0.2) is 0 Å². The summed E-state index contributed by atoms with van der Waals surface area (Å²) in [5.41, 5.74) is 2.46. The Labute approximate surface area is 284 Å². The number of allylic oxidation sites excluding steroid dienone is 2. The number of nitrogens with zero attached hydrogens (tertiary/aromatic N) is 1. The summed E-state index contributed by atoms with van der Waals surface area (Å²) < 4.78 is 5.41. The summed E-state index contributed by atoms with van der Waals surface area (Å²) >= 11 is 0. The molecule has 0 bridgehead atoms. The average molecular weight is 649 g/mol. The first-order valence-electron chi connectivity index (χ1n) is 19.0. The Morgan fingerprint density at radius 2 is 1.72 bits per heavy atom. The van der Waals surface area contributed by atoms with Crippen LogP contribution in [0.4, 0.5) is 0 Å². The Bertz CT molecular complexity index is 1360. The Hall–Kier alpha value is -2.08. The lowest BCUT2D eigenvalue weighted by Gasteiger charge is -2.71. The number of nitrogens with one attached hydrogen (secondary N) is 1. The van der Waals surface area contributed by atoms with E-state index in [9.17, 15) is 9.90 Å². The lowest BCUT2D eigenvalue weighted by Crippen LogP contribution is -2.65. The molecule has 4 saturated carbocycles. The number of rotatable bonds is 8. The van der Waals surface area contributed by atoms with Crippen molar-refractivity contribution in [1.82, 2.24) is 10.2 Å². The minimum Gasteiger partial charge on any atom is -0.472 e. The molecular weight excluding hydrogens is 584 g/mol. The molecule has 4 fully saturated rings. The zero-order chi connectivity index (χ0) is 34.0. The number of carbonyl (C=O) groups is 2. The third-order valence-corrected chi connectivity index (χ3v) is 15.5. The molecule has 8 atom stereocenters. The van der Waals surface area contributed by atoms with Crippen LogP contribution in [0.1, 0.15) is 138 Å². The molecule has 6 nitrogen and oxygen atoms in total. The summed E-state index contributed by atoms with van der Waals surface area (Å²) in [5, 5.41) is 14.2. The van der Waals surface area contributed by atoms with Crippen molar-refractivity contribution < 1.29 is 19.1 Å². The van der Waals surface area contributed by atoms with Crippen LogP contribution in [0.25, 0.3) is 0 Å². The van der Waals surface area contributed by atoms with E-state index in [1.54, 1.807) is 18.1 Å². The summed E-state index contributed by atoms with van der Waals surface area (Å²) in [6.45, 7) is 20.4. The van der Waals surface area contributed by atoms with Gasteiger partial charge in [0, 0.05) is 18.7 Å². The molecule has 1 aromatic heterocycles. The number of aliphatic hydroxyl groups excluding tert-OH is 1. The van der Waals surface area contributed by atoms with Gasteiger partial charge in [-0.1, -0.05) is 73.5 Å². The van der Waals surface area contributed by atoms with E-state index >= 15 is 4.79 Å². The van der Waals surface area contributed by atoms with E-state index in [1.165, 1.54) is 12.8 Å². The normalized spacial score (nSPS) is 40.1. The molecule has 5 aliphatic carbocycles. The molecule has 0 saturated heterocycles. The highest BCUT2D eigenvalue weighted by molar-refractivity contribution is 5.89. The van der Waals surface area contributed by atoms with Crippen molar-refractivity contribution in [2.45, 2.75) is 145 Å². The van der Waals surface area contributed by atoms with Gasteiger partial charge in [0.25, 0.3) is 0 Å². The highest BCUT2D eigenvalue weighted by Crippen LogP contribution is 2.75. The van der Waals surface area contributed by atoms with Crippen molar-refractivity contribution in [2.24, 2.45) is 50.2 Å².